The fourth-order valence-electron chi connectivity index (χ4n) is 2.03. The third-order valence-electron chi connectivity index (χ3n) is 3.24. The van der Waals surface area contributed by atoms with Crippen LogP contribution < -0.4 is 0 Å². The molecule has 2 atom stereocenters. The number of carbonyl (C=O) groups is 1. The van der Waals surface area contributed by atoms with E-state index in [1.807, 2.05) is 56.3 Å². The molecule has 4 nitrogen and oxygen atoms in total. The van der Waals surface area contributed by atoms with Gasteiger partial charge in [-0.05, 0) is 26.5 Å². The third-order valence-corrected chi connectivity index (χ3v) is 3.24. The van der Waals surface area contributed by atoms with E-state index in [1.165, 1.54) is 0 Å². The van der Waals surface area contributed by atoms with Crippen molar-refractivity contribution < 1.29 is 9.90 Å². The second-order valence-electron chi connectivity index (χ2n) is 5.14. The summed E-state index contributed by atoms with van der Waals surface area (Å²) in [5, 5.41) is 9.29. The van der Waals surface area contributed by atoms with Crippen molar-refractivity contribution in [3.8, 4) is 0 Å². The number of rotatable bonds is 6. The Balaban J connectivity index is 2.57. The van der Waals surface area contributed by atoms with E-state index >= 15 is 0 Å². The number of hydrogen-bond donors (Lipinski definition) is 1. The van der Waals surface area contributed by atoms with Crippen molar-refractivity contribution in [1.82, 2.24) is 9.80 Å². The van der Waals surface area contributed by atoms with Gasteiger partial charge in [0.25, 0.3) is 0 Å². The Bertz CT molecular complexity index is 392. The van der Waals surface area contributed by atoms with Gasteiger partial charge >= 0.3 is 0 Å². The van der Waals surface area contributed by atoms with Crippen LogP contribution in [0, 0.1) is 0 Å². The Morgan fingerprint density at radius 3 is 2.32 bits per heavy atom. The maximum Gasteiger partial charge on any atom is 0.236 e. The summed E-state index contributed by atoms with van der Waals surface area (Å²) in [6, 6.07) is 10.0. The van der Waals surface area contributed by atoms with E-state index in [-0.39, 0.29) is 11.9 Å². The van der Waals surface area contributed by atoms with E-state index in [0.29, 0.717) is 13.1 Å². The van der Waals surface area contributed by atoms with Crippen molar-refractivity contribution >= 4 is 5.91 Å². The van der Waals surface area contributed by atoms with Crippen LogP contribution >= 0.6 is 0 Å². The smallest absolute Gasteiger partial charge is 0.236 e. The fraction of sp³-hybridized carbons (Fsp3) is 0.533. The number of nitrogens with zero attached hydrogens (tertiary/aromatic N) is 2. The van der Waals surface area contributed by atoms with Crippen molar-refractivity contribution in [3.63, 3.8) is 0 Å². The number of hydrogen-bond acceptors (Lipinski definition) is 3. The Hall–Kier alpha value is -1.39. The molecule has 0 spiro atoms. The fourth-order valence-corrected chi connectivity index (χ4v) is 2.03. The predicted molar refractivity (Wildman–Crippen MR) is 76.8 cm³/mol. The average molecular weight is 264 g/mol. The first-order valence-electron chi connectivity index (χ1n) is 6.59. The molecule has 1 aromatic rings. The van der Waals surface area contributed by atoms with Crippen LogP contribution in [-0.2, 0) is 4.79 Å². The number of aliphatic hydroxyl groups excluding tert-OH is 1. The molecule has 19 heavy (non-hydrogen) atoms. The molecule has 0 bridgehead atoms. The van der Waals surface area contributed by atoms with Gasteiger partial charge in [-0.15, -0.1) is 0 Å². The molecule has 2 unspecified atom stereocenters. The van der Waals surface area contributed by atoms with Crippen molar-refractivity contribution in [2.45, 2.75) is 26.0 Å². The molecule has 1 amide bonds. The molecular formula is C15H24N2O2. The Morgan fingerprint density at radius 2 is 1.79 bits per heavy atom. The Labute approximate surface area is 115 Å². The van der Waals surface area contributed by atoms with Crippen molar-refractivity contribution in [2.75, 3.05) is 27.2 Å². The SMILES string of the molecule is CC(O)CN(C)CC(=O)N(C)C(C)c1ccccc1. The van der Waals surface area contributed by atoms with Gasteiger partial charge in [-0.2, -0.15) is 0 Å². The normalized spacial score (nSPS) is 14.2. The molecule has 0 saturated carbocycles. The Kier molecular flexibility index (Phi) is 5.99. The summed E-state index contributed by atoms with van der Waals surface area (Å²) in [6.07, 6.45) is -0.422. The number of amides is 1. The summed E-state index contributed by atoms with van der Waals surface area (Å²) in [5.74, 6) is 0.0551. The van der Waals surface area contributed by atoms with Crippen LogP contribution in [0.15, 0.2) is 30.3 Å². The van der Waals surface area contributed by atoms with Gasteiger partial charge in [-0.1, -0.05) is 30.3 Å². The van der Waals surface area contributed by atoms with Gasteiger partial charge in [-0.3, -0.25) is 9.69 Å². The van der Waals surface area contributed by atoms with Gasteiger partial charge in [0.1, 0.15) is 0 Å². The van der Waals surface area contributed by atoms with Crippen molar-refractivity contribution in [2.24, 2.45) is 0 Å². The highest BCUT2D eigenvalue weighted by Gasteiger charge is 2.18. The standard InChI is InChI=1S/C15H24N2O2/c1-12(18)10-16(3)11-15(19)17(4)13(2)14-8-6-5-7-9-14/h5-9,12-13,18H,10-11H2,1-4H3. The molecule has 106 valence electrons. The highest BCUT2D eigenvalue weighted by molar-refractivity contribution is 5.78. The highest BCUT2D eigenvalue weighted by atomic mass is 16.3. The zero-order chi connectivity index (χ0) is 14.4. The Morgan fingerprint density at radius 1 is 1.21 bits per heavy atom. The summed E-state index contributed by atoms with van der Waals surface area (Å²) < 4.78 is 0. The first kappa shape index (κ1) is 15.7. The van der Waals surface area contributed by atoms with Crippen LogP contribution in [0.4, 0.5) is 0 Å². The number of likely N-dealkylation sites (N-methyl/N-ethyl adjacent to an activating group) is 2. The van der Waals surface area contributed by atoms with Crippen LogP contribution in [0.1, 0.15) is 25.5 Å². The zero-order valence-electron chi connectivity index (χ0n) is 12.2. The van der Waals surface area contributed by atoms with Gasteiger partial charge in [-0.25, -0.2) is 0 Å². The summed E-state index contributed by atoms with van der Waals surface area (Å²) in [4.78, 5) is 15.7. The second kappa shape index (κ2) is 7.26. The molecule has 0 radical (unpaired) electrons. The lowest BCUT2D eigenvalue weighted by Crippen LogP contribution is -2.40. The van der Waals surface area contributed by atoms with Gasteiger partial charge in [0.15, 0.2) is 0 Å². The quantitative estimate of drug-likeness (QED) is 0.847. The third kappa shape index (κ3) is 5.01. The predicted octanol–water partition coefficient (Wildman–Crippen LogP) is 1.52. The number of benzene rings is 1. The number of aliphatic hydroxyl groups is 1. The first-order valence-corrected chi connectivity index (χ1v) is 6.59. The minimum Gasteiger partial charge on any atom is -0.392 e. The van der Waals surface area contributed by atoms with Crippen LogP contribution in [0.25, 0.3) is 0 Å². The maximum absolute atomic E-state index is 12.2. The number of carbonyl (C=O) groups excluding carboxylic acids is 1. The lowest BCUT2D eigenvalue weighted by Gasteiger charge is -2.28. The molecule has 4 heteroatoms. The minimum atomic E-state index is -0.422. The zero-order valence-corrected chi connectivity index (χ0v) is 12.2. The van der Waals surface area contributed by atoms with Crippen molar-refractivity contribution in [3.05, 3.63) is 35.9 Å². The molecule has 0 aliphatic heterocycles. The van der Waals surface area contributed by atoms with Crippen LogP contribution in [-0.4, -0.2) is 54.1 Å². The monoisotopic (exact) mass is 264 g/mol. The average Bonchev–Trinajstić information content (AvgIpc) is 2.36. The van der Waals surface area contributed by atoms with E-state index in [9.17, 15) is 9.90 Å². The molecule has 0 fully saturated rings. The minimum absolute atomic E-state index is 0.0497. The molecule has 0 aliphatic carbocycles. The first-order chi connectivity index (χ1) is 8.91. The van der Waals surface area contributed by atoms with Gasteiger partial charge in [0.05, 0.1) is 18.7 Å². The summed E-state index contributed by atoms with van der Waals surface area (Å²) in [6.45, 7) is 4.55. The van der Waals surface area contributed by atoms with Crippen molar-refractivity contribution in [1.29, 1.82) is 0 Å². The molecule has 1 rings (SSSR count). The molecule has 0 heterocycles. The van der Waals surface area contributed by atoms with Crippen LogP contribution in [0.2, 0.25) is 0 Å². The molecule has 0 aliphatic rings. The van der Waals surface area contributed by atoms with E-state index in [0.717, 1.165) is 5.56 Å². The summed E-state index contributed by atoms with van der Waals surface area (Å²) in [7, 11) is 3.65. The van der Waals surface area contributed by atoms with E-state index in [1.54, 1.807) is 11.8 Å². The van der Waals surface area contributed by atoms with Crippen LogP contribution in [0.5, 0.6) is 0 Å². The van der Waals surface area contributed by atoms with Gasteiger partial charge in [0, 0.05) is 13.6 Å². The summed E-state index contributed by atoms with van der Waals surface area (Å²) >= 11 is 0. The second-order valence-corrected chi connectivity index (χ2v) is 5.14. The summed E-state index contributed by atoms with van der Waals surface area (Å²) in [5.41, 5.74) is 1.12. The topological polar surface area (TPSA) is 43.8 Å². The maximum atomic E-state index is 12.2. The van der Waals surface area contributed by atoms with Gasteiger partial charge < -0.3 is 10.0 Å². The van der Waals surface area contributed by atoms with E-state index in [4.69, 9.17) is 0 Å². The van der Waals surface area contributed by atoms with E-state index < -0.39 is 6.10 Å². The molecule has 0 saturated heterocycles. The largest absolute Gasteiger partial charge is 0.392 e. The molecule has 1 aromatic carbocycles. The molecule has 1 N–H and O–H groups in total. The highest BCUT2D eigenvalue weighted by Crippen LogP contribution is 2.18. The lowest BCUT2D eigenvalue weighted by molar-refractivity contribution is -0.132. The molecular weight excluding hydrogens is 240 g/mol. The van der Waals surface area contributed by atoms with Gasteiger partial charge in [0.2, 0.25) is 5.91 Å². The molecule has 0 aromatic heterocycles. The lowest BCUT2D eigenvalue weighted by atomic mass is 10.1. The van der Waals surface area contributed by atoms with Crippen LogP contribution in [0.3, 0.4) is 0 Å². The van der Waals surface area contributed by atoms with E-state index in [2.05, 4.69) is 0 Å².